The van der Waals surface area contributed by atoms with E-state index in [0.29, 0.717) is 23.9 Å². The van der Waals surface area contributed by atoms with Gasteiger partial charge in [-0.3, -0.25) is 0 Å². The van der Waals surface area contributed by atoms with Crippen molar-refractivity contribution in [2.24, 2.45) is 0 Å². The molecule has 0 unspecified atom stereocenters. The van der Waals surface area contributed by atoms with Crippen LogP contribution in [-0.2, 0) is 4.74 Å². The third-order valence-corrected chi connectivity index (χ3v) is 3.80. The van der Waals surface area contributed by atoms with E-state index in [1.807, 2.05) is 13.2 Å². The first kappa shape index (κ1) is 14.1. The third kappa shape index (κ3) is 2.78. The lowest BCUT2D eigenvalue weighted by atomic mass is 10.1. The lowest BCUT2D eigenvalue weighted by molar-refractivity contribution is 0.0903. The van der Waals surface area contributed by atoms with E-state index in [1.54, 1.807) is 4.52 Å². The van der Waals surface area contributed by atoms with Crippen LogP contribution in [0.4, 0.5) is 11.9 Å². The maximum atomic E-state index is 5.38. The molecule has 0 radical (unpaired) electrons. The molecule has 1 aliphatic heterocycles. The number of fused-ring (bicyclic) bond motifs is 1. The summed E-state index contributed by atoms with van der Waals surface area (Å²) in [5.41, 5.74) is 1.99. The molecule has 114 valence electrons. The van der Waals surface area contributed by atoms with E-state index in [4.69, 9.17) is 4.74 Å². The Hall–Kier alpha value is -1.89. The number of hydrogen-bond acceptors (Lipinski definition) is 6. The van der Waals surface area contributed by atoms with Gasteiger partial charge in [0.05, 0.1) is 6.20 Å². The highest BCUT2D eigenvalue weighted by molar-refractivity contribution is 5.55. The minimum absolute atomic E-state index is 0.372. The zero-order valence-electron chi connectivity index (χ0n) is 12.8. The number of nitrogens with one attached hydrogen (secondary N) is 2. The van der Waals surface area contributed by atoms with Crippen LogP contribution in [-0.4, -0.2) is 45.9 Å². The summed E-state index contributed by atoms with van der Waals surface area (Å²) in [7, 11) is 1.84. The van der Waals surface area contributed by atoms with Crippen LogP contribution in [0.1, 0.15) is 38.2 Å². The molecule has 7 heteroatoms. The van der Waals surface area contributed by atoms with E-state index < -0.39 is 0 Å². The summed E-state index contributed by atoms with van der Waals surface area (Å²) in [4.78, 5) is 9.17. The minimum Gasteiger partial charge on any atom is -0.381 e. The summed E-state index contributed by atoms with van der Waals surface area (Å²) >= 11 is 0. The fourth-order valence-corrected chi connectivity index (χ4v) is 2.55. The molecule has 1 saturated heterocycles. The van der Waals surface area contributed by atoms with E-state index in [0.717, 1.165) is 37.3 Å². The van der Waals surface area contributed by atoms with Gasteiger partial charge in [-0.2, -0.15) is 19.6 Å². The van der Waals surface area contributed by atoms with Crippen LogP contribution < -0.4 is 10.6 Å². The van der Waals surface area contributed by atoms with Gasteiger partial charge in [-0.1, -0.05) is 13.8 Å². The summed E-state index contributed by atoms with van der Waals surface area (Å²) in [5.74, 6) is 1.72. The van der Waals surface area contributed by atoms with Gasteiger partial charge in [-0.05, 0) is 18.8 Å². The smallest absolute Gasteiger partial charge is 0.228 e. The van der Waals surface area contributed by atoms with Gasteiger partial charge < -0.3 is 15.4 Å². The van der Waals surface area contributed by atoms with Gasteiger partial charge in [-0.25, -0.2) is 0 Å². The van der Waals surface area contributed by atoms with Crippen molar-refractivity contribution in [3.63, 3.8) is 0 Å². The first-order chi connectivity index (χ1) is 10.2. The summed E-state index contributed by atoms with van der Waals surface area (Å²) in [6.45, 7) is 5.87. The van der Waals surface area contributed by atoms with Crippen molar-refractivity contribution in [2.45, 2.75) is 38.6 Å². The molecule has 1 fully saturated rings. The van der Waals surface area contributed by atoms with Crippen LogP contribution in [0.15, 0.2) is 6.20 Å². The molecular formula is C14H22N6O. The summed E-state index contributed by atoms with van der Waals surface area (Å²) in [5, 5.41) is 10.9. The van der Waals surface area contributed by atoms with Crippen LogP contribution in [0, 0.1) is 0 Å². The largest absolute Gasteiger partial charge is 0.381 e. The fourth-order valence-electron chi connectivity index (χ4n) is 2.55. The molecular weight excluding hydrogens is 268 g/mol. The van der Waals surface area contributed by atoms with Crippen molar-refractivity contribution in [2.75, 3.05) is 30.9 Å². The molecule has 0 atom stereocenters. The summed E-state index contributed by atoms with van der Waals surface area (Å²) in [6.07, 6.45) is 3.84. The van der Waals surface area contributed by atoms with Gasteiger partial charge >= 0.3 is 0 Å². The quantitative estimate of drug-likeness (QED) is 0.895. The normalized spacial score (nSPS) is 16.6. The third-order valence-electron chi connectivity index (χ3n) is 3.80. The number of rotatable bonds is 4. The molecule has 1 aliphatic rings. The fraction of sp³-hybridized carbons (Fsp3) is 0.643. The highest BCUT2D eigenvalue weighted by Gasteiger charge is 2.18. The summed E-state index contributed by atoms with van der Waals surface area (Å²) < 4.78 is 7.14. The maximum absolute atomic E-state index is 5.38. The first-order valence-electron chi connectivity index (χ1n) is 7.46. The molecule has 3 heterocycles. The zero-order chi connectivity index (χ0) is 14.8. The van der Waals surface area contributed by atoms with Crippen LogP contribution in [0.2, 0.25) is 0 Å². The van der Waals surface area contributed by atoms with Crippen molar-refractivity contribution in [1.29, 1.82) is 0 Å². The Morgan fingerprint density at radius 1 is 1.29 bits per heavy atom. The monoisotopic (exact) mass is 290 g/mol. The van der Waals surface area contributed by atoms with Crippen molar-refractivity contribution in [1.82, 2.24) is 19.6 Å². The first-order valence-corrected chi connectivity index (χ1v) is 7.46. The molecule has 7 nitrogen and oxygen atoms in total. The molecule has 0 aliphatic carbocycles. The Labute approximate surface area is 124 Å². The topological polar surface area (TPSA) is 76.4 Å². The predicted molar refractivity (Wildman–Crippen MR) is 81.9 cm³/mol. The Bertz CT molecular complexity index is 617. The minimum atomic E-state index is 0.372. The molecule has 0 saturated carbocycles. The van der Waals surface area contributed by atoms with Crippen LogP contribution >= 0.6 is 0 Å². The van der Waals surface area contributed by atoms with Gasteiger partial charge in [0, 0.05) is 31.9 Å². The molecule has 0 bridgehead atoms. The van der Waals surface area contributed by atoms with E-state index >= 15 is 0 Å². The lowest BCUT2D eigenvalue weighted by Crippen LogP contribution is -2.29. The van der Waals surface area contributed by atoms with Crippen LogP contribution in [0.3, 0.4) is 0 Å². The van der Waals surface area contributed by atoms with Crippen molar-refractivity contribution >= 4 is 17.5 Å². The second-order valence-corrected chi connectivity index (χ2v) is 5.64. The van der Waals surface area contributed by atoms with E-state index in [-0.39, 0.29) is 0 Å². The van der Waals surface area contributed by atoms with Gasteiger partial charge in [0.15, 0.2) is 5.65 Å². The molecule has 21 heavy (non-hydrogen) atoms. The summed E-state index contributed by atoms with van der Waals surface area (Å²) in [6, 6.07) is 0.372. The molecule has 2 N–H and O–H groups in total. The standard InChI is InChI=1S/C14H22N6O/c1-9(2)11-8-16-20-12(11)18-13(19-14(20)15-3)17-10-4-6-21-7-5-10/h8-10H,4-7H2,1-3H3,(H2,15,17,18,19). The number of aromatic nitrogens is 4. The average molecular weight is 290 g/mol. The number of nitrogens with zero attached hydrogens (tertiary/aromatic N) is 4. The number of hydrogen-bond donors (Lipinski definition) is 2. The second kappa shape index (κ2) is 5.85. The van der Waals surface area contributed by atoms with Crippen LogP contribution in [0.5, 0.6) is 0 Å². The van der Waals surface area contributed by atoms with Crippen molar-refractivity contribution in [3.8, 4) is 0 Å². The zero-order valence-corrected chi connectivity index (χ0v) is 12.8. The average Bonchev–Trinajstić information content (AvgIpc) is 2.91. The van der Waals surface area contributed by atoms with E-state index in [2.05, 4.69) is 39.5 Å². The van der Waals surface area contributed by atoms with Gasteiger partial charge in [0.2, 0.25) is 11.9 Å². The van der Waals surface area contributed by atoms with Crippen molar-refractivity contribution < 1.29 is 4.74 Å². The van der Waals surface area contributed by atoms with Gasteiger partial charge in [-0.15, -0.1) is 0 Å². The van der Waals surface area contributed by atoms with E-state index in [1.165, 1.54) is 0 Å². The second-order valence-electron chi connectivity index (χ2n) is 5.64. The highest BCUT2D eigenvalue weighted by atomic mass is 16.5. The predicted octanol–water partition coefficient (Wildman–Crippen LogP) is 1.88. The Morgan fingerprint density at radius 2 is 2.05 bits per heavy atom. The lowest BCUT2D eigenvalue weighted by Gasteiger charge is -2.23. The van der Waals surface area contributed by atoms with Gasteiger partial charge in [0.1, 0.15) is 0 Å². The SMILES string of the molecule is CNc1nc(NC2CCOCC2)nc2c(C(C)C)cnn12. The molecule has 3 rings (SSSR count). The van der Waals surface area contributed by atoms with Crippen LogP contribution in [0.25, 0.3) is 5.65 Å². The highest BCUT2D eigenvalue weighted by Crippen LogP contribution is 2.22. The molecule has 2 aromatic heterocycles. The van der Waals surface area contributed by atoms with E-state index in [9.17, 15) is 0 Å². The Balaban J connectivity index is 1.96. The molecule has 0 aromatic carbocycles. The van der Waals surface area contributed by atoms with Crippen molar-refractivity contribution in [3.05, 3.63) is 11.8 Å². The number of anilines is 2. The molecule has 0 spiro atoms. The molecule has 0 amide bonds. The van der Waals surface area contributed by atoms with Gasteiger partial charge in [0.25, 0.3) is 0 Å². The molecule has 2 aromatic rings. The Kier molecular flexibility index (Phi) is 3.92. The Morgan fingerprint density at radius 3 is 2.71 bits per heavy atom. The maximum Gasteiger partial charge on any atom is 0.228 e. The number of ether oxygens (including phenoxy) is 1.